The van der Waals surface area contributed by atoms with Crippen LogP contribution in [0, 0.1) is 0 Å². The maximum absolute atomic E-state index is 9.40. The molecule has 0 aliphatic heterocycles. The highest BCUT2D eigenvalue weighted by Gasteiger charge is 1.53. The van der Waals surface area contributed by atoms with E-state index in [0.29, 0.717) is 0 Å². The lowest BCUT2D eigenvalue weighted by Crippen LogP contribution is -1.72. The van der Waals surface area contributed by atoms with Crippen LogP contribution in [-0.2, 0) is 12.6 Å². The van der Waals surface area contributed by atoms with E-state index >= 15 is 0 Å². The molecule has 0 atom stereocenters. The van der Waals surface area contributed by atoms with Crippen LogP contribution in [0.25, 0.3) is 0 Å². The summed E-state index contributed by atoms with van der Waals surface area (Å²) in [6, 6.07) is 0. The van der Waals surface area contributed by atoms with Crippen LogP contribution >= 0.6 is 0 Å². The van der Waals surface area contributed by atoms with Gasteiger partial charge in [0.1, 0.15) is 5.24 Å². The quantitative estimate of drug-likeness (QED) is 0.316. The Morgan fingerprint density at radius 1 is 2.00 bits per heavy atom. The first kappa shape index (κ1) is 4.56. The van der Waals surface area contributed by atoms with Gasteiger partial charge in [-0.2, -0.15) is 0 Å². The second-order valence-corrected chi connectivity index (χ2v) is 0.773. The number of rotatable bonds is 0. The standard InChI is InChI=1S/C2H3NOS/c1-3-2(4)5/h1H2,(H,4,5)/p-1. The molecule has 0 aromatic carbocycles. The first-order chi connectivity index (χ1) is 2.27. The van der Waals surface area contributed by atoms with E-state index in [0.717, 1.165) is 0 Å². The lowest BCUT2D eigenvalue weighted by atomic mass is 11.3. The summed E-state index contributed by atoms with van der Waals surface area (Å²) < 4.78 is 0. The molecule has 0 aliphatic rings. The third kappa shape index (κ3) is 3.56. The van der Waals surface area contributed by atoms with Crippen molar-refractivity contribution in [3.8, 4) is 0 Å². The Balaban J connectivity index is 3.20. The largest absolute Gasteiger partial charge is 0.717 e. The van der Waals surface area contributed by atoms with Crippen LogP contribution in [0.15, 0.2) is 4.99 Å². The summed E-state index contributed by atoms with van der Waals surface area (Å²) in [6.45, 7) is 2.86. The fourth-order valence-electron chi connectivity index (χ4n) is 0. The van der Waals surface area contributed by atoms with Crippen LogP contribution in [0.3, 0.4) is 0 Å². The zero-order valence-electron chi connectivity index (χ0n) is 2.47. The Hall–Kier alpha value is -0.440. The minimum atomic E-state index is -0.648. The van der Waals surface area contributed by atoms with Gasteiger partial charge in [-0.3, -0.25) is 9.79 Å². The van der Waals surface area contributed by atoms with Crippen molar-refractivity contribution >= 4 is 24.6 Å². The van der Waals surface area contributed by atoms with Crippen LogP contribution in [-0.4, -0.2) is 12.0 Å². The molecule has 0 radical (unpaired) electrons. The third-order valence-corrected chi connectivity index (χ3v) is 0.258. The van der Waals surface area contributed by atoms with E-state index in [1.54, 1.807) is 0 Å². The summed E-state index contributed by atoms with van der Waals surface area (Å²) in [5, 5.41) is -0.648. The van der Waals surface area contributed by atoms with E-state index in [-0.39, 0.29) is 0 Å². The second-order valence-electron chi connectivity index (χ2n) is 0.424. The molecule has 0 aliphatic carbocycles. The van der Waals surface area contributed by atoms with Gasteiger partial charge in [-0.25, -0.2) is 0 Å². The van der Waals surface area contributed by atoms with Gasteiger partial charge >= 0.3 is 0 Å². The van der Waals surface area contributed by atoms with Crippen molar-refractivity contribution in [1.29, 1.82) is 0 Å². The van der Waals surface area contributed by atoms with Crippen LogP contribution in [0.4, 0.5) is 4.79 Å². The fraction of sp³-hybridized carbons (Fsp3) is 0. The molecule has 28 valence electrons. The summed E-state index contributed by atoms with van der Waals surface area (Å²) in [5.41, 5.74) is 0. The van der Waals surface area contributed by atoms with E-state index in [1.165, 1.54) is 0 Å². The maximum atomic E-state index is 9.40. The summed E-state index contributed by atoms with van der Waals surface area (Å²) >= 11 is 3.91. The van der Waals surface area contributed by atoms with Gasteiger partial charge in [0.25, 0.3) is 0 Å². The van der Waals surface area contributed by atoms with Gasteiger partial charge in [-0.05, 0) is 6.72 Å². The Kier molecular flexibility index (Phi) is 1.68. The van der Waals surface area contributed by atoms with Crippen LogP contribution < -0.4 is 0 Å². The molecule has 0 unspecified atom stereocenters. The van der Waals surface area contributed by atoms with E-state index in [9.17, 15) is 4.79 Å². The topological polar surface area (TPSA) is 29.4 Å². The van der Waals surface area contributed by atoms with Gasteiger partial charge in [0.15, 0.2) is 0 Å². The van der Waals surface area contributed by atoms with Crippen molar-refractivity contribution in [3.63, 3.8) is 0 Å². The Morgan fingerprint density at radius 3 is 2.20 bits per heavy atom. The first-order valence-corrected chi connectivity index (χ1v) is 1.36. The van der Waals surface area contributed by atoms with Crippen molar-refractivity contribution < 1.29 is 4.79 Å². The highest BCUT2D eigenvalue weighted by atomic mass is 32.1. The van der Waals surface area contributed by atoms with Gasteiger partial charge in [0.05, 0.1) is 0 Å². The van der Waals surface area contributed by atoms with Gasteiger partial charge in [-0.1, -0.05) is 0 Å². The zero-order chi connectivity index (χ0) is 4.28. The molecule has 0 saturated heterocycles. The van der Waals surface area contributed by atoms with Gasteiger partial charge in [0, 0.05) is 0 Å². The molecule has 3 heteroatoms. The molecule has 0 aromatic heterocycles. The van der Waals surface area contributed by atoms with E-state index < -0.39 is 5.24 Å². The minimum Gasteiger partial charge on any atom is -0.717 e. The molecule has 0 fully saturated rings. The number of carbonyl (C=O) groups is 1. The molecule has 0 aromatic rings. The molecule has 0 saturated carbocycles. The Labute approximate surface area is 35.3 Å². The van der Waals surface area contributed by atoms with E-state index in [2.05, 4.69) is 24.3 Å². The van der Waals surface area contributed by atoms with Crippen molar-refractivity contribution in [2.75, 3.05) is 0 Å². The maximum Gasteiger partial charge on any atom is 0.124 e. The molecule has 5 heavy (non-hydrogen) atoms. The van der Waals surface area contributed by atoms with Crippen molar-refractivity contribution in [3.05, 3.63) is 0 Å². The first-order valence-electron chi connectivity index (χ1n) is 0.948. The Bertz CT molecular complexity index is 60.7. The molecule has 0 heterocycles. The average Bonchev–Trinajstić information content (AvgIpc) is 1.38. The van der Waals surface area contributed by atoms with E-state index in [1.807, 2.05) is 0 Å². The summed E-state index contributed by atoms with van der Waals surface area (Å²) in [5.74, 6) is 0. The normalized spacial score (nSPS) is 6.40. The molecule has 0 spiro atoms. The molecule has 1 amide bonds. The number of carbonyl (C=O) groups excluding carboxylic acids is 1. The fourth-order valence-corrected chi connectivity index (χ4v) is 0. The van der Waals surface area contributed by atoms with Crippen LogP contribution in [0.5, 0.6) is 0 Å². The van der Waals surface area contributed by atoms with Crippen LogP contribution in [0.1, 0.15) is 0 Å². The van der Waals surface area contributed by atoms with Crippen LogP contribution in [0.2, 0.25) is 0 Å². The highest BCUT2D eigenvalue weighted by Crippen LogP contribution is 1.63. The third-order valence-electron chi connectivity index (χ3n) is 0.129. The van der Waals surface area contributed by atoms with Gasteiger partial charge in [-0.15, -0.1) is 0 Å². The Morgan fingerprint density at radius 2 is 2.20 bits per heavy atom. The van der Waals surface area contributed by atoms with Crippen molar-refractivity contribution in [1.82, 2.24) is 0 Å². The average molecular weight is 88.1 g/mol. The second kappa shape index (κ2) is 1.84. The minimum absolute atomic E-state index is 0.648. The SMILES string of the molecule is C=NC(=O)[S-]. The molecular weight excluding hydrogens is 86.1 g/mol. The predicted octanol–water partition coefficient (Wildman–Crippen LogP) is 0.354. The van der Waals surface area contributed by atoms with E-state index in [4.69, 9.17) is 0 Å². The van der Waals surface area contributed by atoms with Gasteiger partial charge < -0.3 is 12.6 Å². The summed E-state index contributed by atoms with van der Waals surface area (Å²) in [4.78, 5) is 12.2. The van der Waals surface area contributed by atoms with Crippen molar-refractivity contribution in [2.24, 2.45) is 4.99 Å². The lowest BCUT2D eigenvalue weighted by molar-refractivity contribution is 0.268. The lowest BCUT2D eigenvalue weighted by Gasteiger charge is -1.84. The number of hydrogen-bond acceptors (Lipinski definition) is 2. The molecule has 0 rings (SSSR count). The summed E-state index contributed by atoms with van der Waals surface area (Å²) in [6.07, 6.45) is 0. The number of aliphatic imine (C=N–C) groups is 1. The molecule has 0 bridgehead atoms. The summed E-state index contributed by atoms with van der Waals surface area (Å²) in [7, 11) is 0. The number of nitrogens with zero attached hydrogens (tertiary/aromatic N) is 1. The number of amides is 1. The van der Waals surface area contributed by atoms with Gasteiger partial charge in [0.2, 0.25) is 0 Å². The monoisotopic (exact) mass is 88.0 g/mol. The molecular formula is C2H2NOS-. The molecule has 2 nitrogen and oxygen atoms in total. The molecule has 0 N–H and O–H groups in total. The number of hydrogen-bond donors (Lipinski definition) is 0. The van der Waals surface area contributed by atoms with Crippen molar-refractivity contribution in [2.45, 2.75) is 0 Å². The smallest absolute Gasteiger partial charge is 0.124 e. The predicted molar refractivity (Wildman–Crippen MR) is 22.3 cm³/mol. The zero-order valence-corrected chi connectivity index (χ0v) is 3.29. The highest BCUT2D eigenvalue weighted by molar-refractivity contribution is 7.77.